The standard InChI is InChI=1S/C23H25N3O5/c1-5-24-22(27)15(2)31-23(28)18-14-26(17-9-7-6-8-10-17)25-21(18)16-11-12-19(29-3)20(13-16)30-4/h6-15H,5H2,1-4H3,(H,24,27)/t15-/m1/s1. The second-order valence-corrected chi connectivity index (χ2v) is 6.68. The molecule has 0 aliphatic heterocycles. The molecule has 1 heterocycles. The lowest BCUT2D eigenvalue weighted by atomic mass is 10.1. The van der Waals surface area contributed by atoms with Crippen molar-refractivity contribution in [3.63, 3.8) is 0 Å². The monoisotopic (exact) mass is 423 g/mol. The first-order valence-corrected chi connectivity index (χ1v) is 9.84. The number of aromatic nitrogens is 2. The molecule has 0 radical (unpaired) electrons. The van der Waals surface area contributed by atoms with Crippen LogP contribution in [0, 0.1) is 0 Å². The molecule has 31 heavy (non-hydrogen) atoms. The van der Waals surface area contributed by atoms with E-state index >= 15 is 0 Å². The maximum atomic E-state index is 13.0. The van der Waals surface area contributed by atoms with E-state index in [1.807, 2.05) is 30.3 Å². The summed E-state index contributed by atoms with van der Waals surface area (Å²) in [5, 5.41) is 7.25. The van der Waals surface area contributed by atoms with Gasteiger partial charge in [-0.15, -0.1) is 0 Å². The Morgan fingerprint density at radius 2 is 1.77 bits per heavy atom. The molecule has 0 bridgehead atoms. The van der Waals surface area contributed by atoms with Crippen molar-refractivity contribution in [2.24, 2.45) is 0 Å². The van der Waals surface area contributed by atoms with Gasteiger partial charge < -0.3 is 19.5 Å². The third-order valence-electron chi connectivity index (χ3n) is 4.62. The zero-order chi connectivity index (χ0) is 22.4. The third-order valence-corrected chi connectivity index (χ3v) is 4.62. The van der Waals surface area contributed by atoms with Gasteiger partial charge in [-0.05, 0) is 44.2 Å². The lowest BCUT2D eigenvalue weighted by Crippen LogP contribution is -2.35. The number of amides is 1. The van der Waals surface area contributed by atoms with Crippen LogP contribution in [0.25, 0.3) is 16.9 Å². The zero-order valence-electron chi connectivity index (χ0n) is 17.9. The molecule has 0 fully saturated rings. The van der Waals surface area contributed by atoms with Crippen molar-refractivity contribution in [3.8, 4) is 28.4 Å². The Morgan fingerprint density at radius 1 is 1.06 bits per heavy atom. The number of esters is 1. The van der Waals surface area contributed by atoms with Gasteiger partial charge >= 0.3 is 5.97 Å². The summed E-state index contributed by atoms with van der Waals surface area (Å²) in [6.07, 6.45) is 0.652. The maximum absolute atomic E-state index is 13.0. The molecule has 1 amide bonds. The molecule has 0 unspecified atom stereocenters. The molecule has 0 aliphatic carbocycles. The average molecular weight is 423 g/mol. The maximum Gasteiger partial charge on any atom is 0.342 e. The molecule has 8 nitrogen and oxygen atoms in total. The van der Waals surface area contributed by atoms with Crippen LogP contribution in [0.2, 0.25) is 0 Å². The van der Waals surface area contributed by atoms with Gasteiger partial charge in [0.1, 0.15) is 11.3 Å². The van der Waals surface area contributed by atoms with Crippen LogP contribution in [0.3, 0.4) is 0 Å². The minimum Gasteiger partial charge on any atom is -0.493 e. The smallest absolute Gasteiger partial charge is 0.342 e. The molecular weight excluding hydrogens is 398 g/mol. The fourth-order valence-electron chi connectivity index (χ4n) is 3.03. The van der Waals surface area contributed by atoms with Gasteiger partial charge in [0.15, 0.2) is 17.6 Å². The molecule has 1 atom stereocenters. The minimum atomic E-state index is -0.939. The molecule has 0 saturated heterocycles. The topological polar surface area (TPSA) is 91.7 Å². The fourth-order valence-corrected chi connectivity index (χ4v) is 3.03. The molecule has 1 aromatic heterocycles. The van der Waals surface area contributed by atoms with Crippen molar-refractivity contribution < 1.29 is 23.8 Å². The van der Waals surface area contributed by atoms with E-state index in [2.05, 4.69) is 10.4 Å². The van der Waals surface area contributed by atoms with E-state index in [4.69, 9.17) is 14.2 Å². The second kappa shape index (κ2) is 9.80. The quantitative estimate of drug-likeness (QED) is 0.560. The lowest BCUT2D eigenvalue weighted by Gasteiger charge is -2.13. The van der Waals surface area contributed by atoms with Crippen molar-refractivity contribution in [2.75, 3.05) is 20.8 Å². The Hall–Kier alpha value is -3.81. The van der Waals surface area contributed by atoms with E-state index < -0.39 is 12.1 Å². The summed E-state index contributed by atoms with van der Waals surface area (Å²) in [5.41, 5.74) is 2.05. The van der Waals surface area contributed by atoms with Gasteiger partial charge in [-0.1, -0.05) is 18.2 Å². The van der Waals surface area contributed by atoms with E-state index in [0.717, 1.165) is 5.69 Å². The van der Waals surface area contributed by atoms with Crippen LogP contribution in [0.5, 0.6) is 11.5 Å². The predicted octanol–water partition coefficient (Wildman–Crippen LogP) is 3.24. The van der Waals surface area contributed by atoms with Gasteiger partial charge in [0.25, 0.3) is 5.91 Å². The lowest BCUT2D eigenvalue weighted by molar-refractivity contribution is -0.128. The number of likely N-dealkylation sites (N-methyl/N-ethyl adjacent to an activating group) is 1. The number of methoxy groups -OCH3 is 2. The molecule has 0 aliphatic rings. The van der Waals surface area contributed by atoms with Crippen LogP contribution in [-0.2, 0) is 9.53 Å². The molecule has 2 aromatic carbocycles. The van der Waals surface area contributed by atoms with E-state index in [9.17, 15) is 9.59 Å². The first kappa shape index (κ1) is 21.9. The van der Waals surface area contributed by atoms with Crippen LogP contribution in [0.15, 0.2) is 54.7 Å². The van der Waals surface area contributed by atoms with E-state index in [-0.39, 0.29) is 11.5 Å². The van der Waals surface area contributed by atoms with Gasteiger partial charge in [-0.25, -0.2) is 9.48 Å². The summed E-state index contributed by atoms with van der Waals surface area (Å²) in [4.78, 5) is 25.0. The summed E-state index contributed by atoms with van der Waals surface area (Å²) < 4.78 is 17.7. The molecule has 3 aromatic rings. The Balaban J connectivity index is 2.04. The number of para-hydroxylation sites is 1. The molecule has 1 N–H and O–H groups in total. The summed E-state index contributed by atoms with van der Waals surface area (Å²) in [6, 6.07) is 14.7. The summed E-state index contributed by atoms with van der Waals surface area (Å²) in [7, 11) is 3.08. The normalized spacial score (nSPS) is 11.5. The van der Waals surface area contributed by atoms with Crippen molar-refractivity contribution in [3.05, 3.63) is 60.3 Å². The van der Waals surface area contributed by atoms with E-state index in [1.54, 1.807) is 43.1 Å². The highest BCUT2D eigenvalue weighted by Gasteiger charge is 2.24. The first-order chi connectivity index (χ1) is 15.0. The molecule has 0 saturated carbocycles. The van der Waals surface area contributed by atoms with Crippen molar-refractivity contribution in [2.45, 2.75) is 20.0 Å². The van der Waals surface area contributed by atoms with E-state index in [1.165, 1.54) is 14.0 Å². The van der Waals surface area contributed by atoms with Crippen molar-refractivity contribution in [1.29, 1.82) is 0 Å². The van der Waals surface area contributed by atoms with Gasteiger partial charge in [0.2, 0.25) is 0 Å². The van der Waals surface area contributed by atoms with Gasteiger partial charge in [-0.3, -0.25) is 4.79 Å². The molecular formula is C23H25N3O5. The Labute approximate surface area is 180 Å². The molecule has 3 rings (SSSR count). The van der Waals surface area contributed by atoms with Crippen LogP contribution < -0.4 is 14.8 Å². The average Bonchev–Trinajstić information content (AvgIpc) is 3.25. The number of carbonyl (C=O) groups is 2. The largest absolute Gasteiger partial charge is 0.493 e. The number of ether oxygens (including phenoxy) is 3. The highest BCUT2D eigenvalue weighted by molar-refractivity contribution is 5.97. The molecule has 162 valence electrons. The van der Waals surface area contributed by atoms with Crippen molar-refractivity contribution >= 4 is 11.9 Å². The molecule has 8 heteroatoms. The highest BCUT2D eigenvalue weighted by Crippen LogP contribution is 2.33. The second-order valence-electron chi connectivity index (χ2n) is 6.68. The number of carbonyl (C=O) groups excluding carboxylic acids is 2. The first-order valence-electron chi connectivity index (χ1n) is 9.84. The fraction of sp³-hybridized carbons (Fsp3) is 0.261. The van der Waals surface area contributed by atoms with Gasteiger partial charge in [0, 0.05) is 18.3 Å². The summed E-state index contributed by atoms with van der Waals surface area (Å²) >= 11 is 0. The number of hydrogen-bond acceptors (Lipinski definition) is 6. The number of nitrogens with zero attached hydrogens (tertiary/aromatic N) is 2. The van der Waals surface area contributed by atoms with Crippen LogP contribution in [-0.4, -0.2) is 48.5 Å². The van der Waals surface area contributed by atoms with Gasteiger partial charge in [-0.2, -0.15) is 5.10 Å². The predicted molar refractivity (Wildman–Crippen MR) is 116 cm³/mol. The van der Waals surface area contributed by atoms with Crippen LogP contribution in [0.4, 0.5) is 0 Å². The third kappa shape index (κ3) is 4.85. The SMILES string of the molecule is CCNC(=O)[C@@H](C)OC(=O)c1cn(-c2ccccc2)nc1-c1ccc(OC)c(OC)c1. The van der Waals surface area contributed by atoms with Gasteiger partial charge in [0.05, 0.1) is 19.9 Å². The number of benzene rings is 2. The van der Waals surface area contributed by atoms with Crippen LogP contribution >= 0.6 is 0 Å². The van der Waals surface area contributed by atoms with Crippen molar-refractivity contribution in [1.82, 2.24) is 15.1 Å². The highest BCUT2D eigenvalue weighted by atomic mass is 16.5. The Bertz CT molecular complexity index is 1060. The number of hydrogen-bond donors (Lipinski definition) is 1. The number of rotatable bonds is 8. The molecule has 0 spiro atoms. The van der Waals surface area contributed by atoms with E-state index in [0.29, 0.717) is 29.3 Å². The zero-order valence-corrected chi connectivity index (χ0v) is 17.9. The Morgan fingerprint density at radius 3 is 2.42 bits per heavy atom. The van der Waals surface area contributed by atoms with Crippen LogP contribution in [0.1, 0.15) is 24.2 Å². The minimum absolute atomic E-state index is 0.229. The number of nitrogens with one attached hydrogen (secondary N) is 1. The summed E-state index contributed by atoms with van der Waals surface area (Å²) in [5.74, 6) is 0.0525. The summed E-state index contributed by atoms with van der Waals surface area (Å²) in [6.45, 7) is 3.77. The Kier molecular flexibility index (Phi) is 6.92.